The second-order valence-electron chi connectivity index (χ2n) is 4.32. The van der Waals surface area contributed by atoms with Crippen molar-refractivity contribution in [1.29, 1.82) is 0 Å². The minimum absolute atomic E-state index is 0.732. The van der Waals surface area contributed by atoms with Gasteiger partial charge in [-0.1, -0.05) is 48.2 Å². The van der Waals surface area contributed by atoms with Crippen molar-refractivity contribution in [3.63, 3.8) is 0 Å². The maximum atomic E-state index is 11.4. The summed E-state index contributed by atoms with van der Waals surface area (Å²) < 4.78 is 1.95. The van der Waals surface area contributed by atoms with Crippen molar-refractivity contribution < 1.29 is 4.79 Å². The Hall–Kier alpha value is -2.00. The Labute approximate surface area is 116 Å². The van der Waals surface area contributed by atoms with Crippen LogP contribution in [0.25, 0.3) is 10.9 Å². The predicted molar refractivity (Wildman–Crippen MR) is 78.9 cm³/mol. The normalized spacial score (nSPS) is 10.8. The molecule has 0 atom stereocenters. The molecule has 3 heteroatoms. The number of benzene rings is 2. The standard InChI is InChI=1S/C16H13NOS/c1-17-14-10-6-5-9-13(14)16(15(17)11-18)19-12-7-3-2-4-8-12/h2-11H,1H3. The lowest BCUT2D eigenvalue weighted by atomic mass is 10.2. The van der Waals surface area contributed by atoms with E-state index in [1.165, 1.54) is 0 Å². The highest BCUT2D eigenvalue weighted by Crippen LogP contribution is 2.37. The van der Waals surface area contributed by atoms with Crippen molar-refractivity contribution >= 4 is 29.0 Å². The van der Waals surface area contributed by atoms with Crippen LogP contribution in [-0.4, -0.2) is 10.9 Å². The molecule has 3 rings (SSSR count). The number of fused-ring (bicyclic) bond motifs is 1. The molecular weight excluding hydrogens is 254 g/mol. The van der Waals surface area contributed by atoms with Gasteiger partial charge < -0.3 is 4.57 Å². The third kappa shape index (κ3) is 2.06. The summed E-state index contributed by atoms with van der Waals surface area (Å²) in [5.41, 5.74) is 1.82. The van der Waals surface area contributed by atoms with Gasteiger partial charge in [-0.25, -0.2) is 0 Å². The summed E-state index contributed by atoms with van der Waals surface area (Å²) in [6, 6.07) is 18.2. The van der Waals surface area contributed by atoms with Gasteiger partial charge in [-0.3, -0.25) is 4.79 Å². The Kier molecular flexibility index (Phi) is 3.13. The molecule has 0 unspecified atom stereocenters. The van der Waals surface area contributed by atoms with Crippen LogP contribution in [0, 0.1) is 0 Å². The molecule has 0 saturated heterocycles. The lowest BCUT2D eigenvalue weighted by molar-refractivity contribution is 0.111. The second kappa shape index (κ2) is 4.94. The number of aromatic nitrogens is 1. The molecule has 1 aromatic heterocycles. The molecule has 3 aromatic rings. The molecule has 0 aliphatic carbocycles. The SMILES string of the molecule is Cn1c(C=O)c(Sc2ccccc2)c2ccccc21. The van der Waals surface area contributed by atoms with E-state index >= 15 is 0 Å². The van der Waals surface area contributed by atoms with E-state index < -0.39 is 0 Å². The first-order valence-electron chi connectivity index (χ1n) is 6.07. The van der Waals surface area contributed by atoms with Crippen molar-refractivity contribution in [2.24, 2.45) is 7.05 Å². The van der Waals surface area contributed by atoms with Crippen LogP contribution in [0.4, 0.5) is 0 Å². The number of aryl methyl sites for hydroxylation is 1. The summed E-state index contributed by atoms with van der Waals surface area (Å²) >= 11 is 1.64. The van der Waals surface area contributed by atoms with Gasteiger partial charge in [-0.2, -0.15) is 0 Å². The number of hydrogen-bond acceptors (Lipinski definition) is 2. The maximum absolute atomic E-state index is 11.4. The van der Waals surface area contributed by atoms with E-state index in [0.29, 0.717) is 0 Å². The quantitative estimate of drug-likeness (QED) is 0.665. The fourth-order valence-electron chi connectivity index (χ4n) is 2.22. The topological polar surface area (TPSA) is 22.0 Å². The van der Waals surface area contributed by atoms with Gasteiger partial charge in [0.1, 0.15) is 0 Å². The molecular formula is C16H13NOS. The van der Waals surface area contributed by atoms with E-state index in [0.717, 1.165) is 32.7 Å². The molecule has 0 aliphatic rings. The van der Waals surface area contributed by atoms with Crippen LogP contribution >= 0.6 is 11.8 Å². The van der Waals surface area contributed by atoms with Crippen LogP contribution in [0.2, 0.25) is 0 Å². The number of carbonyl (C=O) groups is 1. The smallest absolute Gasteiger partial charge is 0.167 e. The molecule has 0 spiro atoms. The number of hydrogen-bond donors (Lipinski definition) is 0. The average molecular weight is 267 g/mol. The average Bonchev–Trinajstić information content (AvgIpc) is 2.73. The second-order valence-corrected chi connectivity index (χ2v) is 5.41. The first-order chi connectivity index (χ1) is 9.31. The van der Waals surface area contributed by atoms with Gasteiger partial charge in [0.05, 0.1) is 5.69 Å². The van der Waals surface area contributed by atoms with Crippen molar-refractivity contribution in [1.82, 2.24) is 4.57 Å². The zero-order chi connectivity index (χ0) is 13.2. The fourth-order valence-corrected chi connectivity index (χ4v) is 3.33. The van der Waals surface area contributed by atoms with E-state index in [-0.39, 0.29) is 0 Å². The number of para-hydroxylation sites is 1. The zero-order valence-corrected chi connectivity index (χ0v) is 11.4. The van der Waals surface area contributed by atoms with Gasteiger partial charge in [0, 0.05) is 27.7 Å². The number of carbonyl (C=O) groups excluding carboxylic acids is 1. The van der Waals surface area contributed by atoms with Crippen LogP contribution < -0.4 is 0 Å². The summed E-state index contributed by atoms with van der Waals surface area (Å²) in [6.07, 6.45) is 0.936. The van der Waals surface area contributed by atoms with E-state index in [2.05, 4.69) is 18.2 Å². The monoisotopic (exact) mass is 267 g/mol. The summed E-state index contributed by atoms with van der Waals surface area (Å²) in [5.74, 6) is 0. The number of nitrogens with zero attached hydrogens (tertiary/aromatic N) is 1. The Balaban J connectivity index is 2.19. The van der Waals surface area contributed by atoms with E-state index in [9.17, 15) is 4.79 Å². The third-order valence-electron chi connectivity index (χ3n) is 3.18. The minimum Gasteiger partial charge on any atom is -0.340 e. The van der Waals surface area contributed by atoms with E-state index in [1.807, 2.05) is 48.0 Å². The van der Waals surface area contributed by atoms with Crippen LogP contribution in [0.5, 0.6) is 0 Å². The van der Waals surface area contributed by atoms with Gasteiger partial charge in [-0.15, -0.1) is 0 Å². The van der Waals surface area contributed by atoms with Crippen molar-refractivity contribution in [2.45, 2.75) is 9.79 Å². The Morgan fingerprint density at radius 3 is 2.42 bits per heavy atom. The Morgan fingerprint density at radius 2 is 1.68 bits per heavy atom. The predicted octanol–water partition coefficient (Wildman–Crippen LogP) is 4.14. The molecule has 19 heavy (non-hydrogen) atoms. The zero-order valence-electron chi connectivity index (χ0n) is 10.5. The highest BCUT2D eigenvalue weighted by molar-refractivity contribution is 7.99. The molecule has 0 saturated carbocycles. The molecule has 0 bridgehead atoms. The lowest BCUT2D eigenvalue weighted by Gasteiger charge is -2.01. The first kappa shape index (κ1) is 12.1. The van der Waals surface area contributed by atoms with Gasteiger partial charge in [-0.05, 0) is 18.2 Å². The largest absolute Gasteiger partial charge is 0.340 e. The van der Waals surface area contributed by atoms with Gasteiger partial charge >= 0.3 is 0 Å². The molecule has 0 amide bonds. The molecule has 2 nitrogen and oxygen atoms in total. The van der Waals surface area contributed by atoms with Gasteiger partial charge in [0.15, 0.2) is 6.29 Å². The summed E-state index contributed by atoms with van der Waals surface area (Å²) in [6.45, 7) is 0. The molecule has 94 valence electrons. The van der Waals surface area contributed by atoms with Crippen molar-refractivity contribution in [3.8, 4) is 0 Å². The summed E-state index contributed by atoms with van der Waals surface area (Å²) in [5, 5.41) is 1.13. The molecule has 0 aliphatic heterocycles. The first-order valence-corrected chi connectivity index (χ1v) is 6.88. The van der Waals surface area contributed by atoms with Crippen LogP contribution in [0.3, 0.4) is 0 Å². The maximum Gasteiger partial charge on any atom is 0.167 e. The lowest BCUT2D eigenvalue weighted by Crippen LogP contribution is -1.94. The van der Waals surface area contributed by atoms with E-state index in [1.54, 1.807) is 11.8 Å². The van der Waals surface area contributed by atoms with Crippen molar-refractivity contribution in [3.05, 3.63) is 60.3 Å². The van der Waals surface area contributed by atoms with Gasteiger partial charge in [0.2, 0.25) is 0 Å². The Bertz CT molecular complexity index is 731. The van der Waals surface area contributed by atoms with E-state index in [4.69, 9.17) is 0 Å². The molecule has 1 heterocycles. The van der Waals surface area contributed by atoms with Crippen molar-refractivity contribution in [2.75, 3.05) is 0 Å². The molecule has 2 aromatic carbocycles. The number of aldehydes is 1. The third-order valence-corrected chi connectivity index (χ3v) is 4.32. The highest BCUT2D eigenvalue weighted by Gasteiger charge is 2.14. The molecule has 0 fully saturated rings. The van der Waals surface area contributed by atoms with Gasteiger partial charge in [0.25, 0.3) is 0 Å². The summed E-state index contributed by atoms with van der Waals surface area (Å²) in [7, 11) is 1.93. The molecule has 0 radical (unpaired) electrons. The minimum atomic E-state index is 0.732. The Morgan fingerprint density at radius 1 is 1.00 bits per heavy atom. The van der Waals surface area contributed by atoms with Crippen LogP contribution in [0.15, 0.2) is 64.4 Å². The van der Waals surface area contributed by atoms with Crippen LogP contribution in [0.1, 0.15) is 10.5 Å². The fraction of sp³-hybridized carbons (Fsp3) is 0.0625. The summed E-state index contributed by atoms with van der Waals surface area (Å²) in [4.78, 5) is 13.5. The highest BCUT2D eigenvalue weighted by atomic mass is 32.2. The molecule has 0 N–H and O–H groups in total. The number of rotatable bonds is 3. The van der Waals surface area contributed by atoms with Crippen LogP contribution in [-0.2, 0) is 7.05 Å².